The number of amidine groups is 1. The van der Waals surface area contributed by atoms with Gasteiger partial charge in [0.15, 0.2) is 5.84 Å². The molecule has 0 spiro atoms. The molecule has 1 aliphatic rings. The van der Waals surface area contributed by atoms with Crippen LogP contribution in [0.2, 0.25) is 0 Å². The third-order valence-electron chi connectivity index (χ3n) is 3.27. The number of anilines is 1. The van der Waals surface area contributed by atoms with Gasteiger partial charge in [0, 0.05) is 19.8 Å². The molecule has 0 bridgehead atoms. The van der Waals surface area contributed by atoms with Gasteiger partial charge in [0.25, 0.3) is 0 Å². The first-order chi connectivity index (χ1) is 9.70. The molecule has 0 radical (unpaired) electrons. The lowest BCUT2D eigenvalue weighted by Crippen LogP contribution is -2.41. The van der Waals surface area contributed by atoms with Crippen molar-refractivity contribution in [1.82, 2.24) is 5.01 Å². The first kappa shape index (κ1) is 15.2. The Kier molecular flexibility index (Phi) is 3.85. The first-order valence-electron chi connectivity index (χ1n) is 7.01. The monoisotopic (exact) mass is 285 g/mol. The molecule has 1 aliphatic heterocycles. The summed E-state index contributed by atoms with van der Waals surface area (Å²) in [7, 11) is 4.01. The van der Waals surface area contributed by atoms with Crippen LogP contribution in [0.5, 0.6) is 0 Å². The van der Waals surface area contributed by atoms with Crippen molar-refractivity contribution in [3.63, 3.8) is 0 Å². The Labute approximate surface area is 126 Å². The predicted molar refractivity (Wildman–Crippen MR) is 90.3 cm³/mol. The van der Waals surface area contributed by atoms with Crippen molar-refractivity contribution in [2.75, 3.05) is 19.0 Å². The van der Waals surface area contributed by atoms with Gasteiger partial charge in [0.05, 0.1) is 16.9 Å². The summed E-state index contributed by atoms with van der Waals surface area (Å²) in [5.41, 5.74) is 3.17. The molecule has 0 amide bonds. The van der Waals surface area contributed by atoms with Gasteiger partial charge in [-0.2, -0.15) is 5.10 Å². The van der Waals surface area contributed by atoms with E-state index in [4.69, 9.17) is 5.41 Å². The van der Waals surface area contributed by atoms with Crippen LogP contribution in [-0.4, -0.2) is 41.9 Å². The van der Waals surface area contributed by atoms with Gasteiger partial charge in [0.2, 0.25) is 0 Å². The molecule has 0 atom stereocenters. The summed E-state index contributed by atoms with van der Waals surface area (Å²) in [6.07, 6.45) is 0. The summed E-state index contributed by atoms with van der Waals surface area (Å²) in [6.45, 7) is 8.00. The molecule has 0 fully saturated rings. The summed E-state index contributed by atoms with van der Waals surface area (Å²) < 4.78 is 0. The minimum Gasteiger partial charge on any atom is -0.378 e. The third-order valence-corrected chi connectivity index (χ3v) is 3.27. The fourth-order valence-electron chi connectivity index (χ4n) is 2.09. The van der Waals surface area contributed by atoms with Crippen molar-refractivity contribution in [1.29, 1.82) is 5.41 Å². The number of hydrazone groups is 1. The maximum atomic E-state index is 8.28. The maximum Gasteiger partial charge on any atom is 0.170 e. The van der Waals surface area contributed by atoms with Crippen LogP contribution in [0, 0.1) is 5.41 Å². The number of rotatable bonds is 2. The zero-order valence-electron chi connectivity index (χ0n) is 13.6. The van der Waals surface area contributed by atoms with Crippen molar-refractivity contribution in [2.45, 2.75) is 33.2 Å². The Bertz CT molecular complexity index is 603. The minimum absolute atomic E-state index is 0.218. The van der Waals surface area contributed by atoms with E-state index in [9.17, 15) is 0 Å². The Balaban J connectivity index is 2.30. The number of nitrogens with zero attached hydrogens (tertiary/aromatic N) is 4. The molecule has 21 heavy (non-hydrogen) atoms. The SMILES string of the molecule is CC1=NN(C(C)(C)C)C(=N)C1=Nc1ccc(N(C)C)cc1. The quantitative estimate of drug-likeness (QED) is 0.906. The second-order valence-electron chi connectivity index (χ2n) is 6.39. The van der Waals surface area contributed by atoms with Crippen molar-refractivity contribution in [3.05, 3.63) is 24.3 Å². The van der Waals surface area contributed by atoms with Crippen LogP contribution in [-0.2, 0) is 0 Å². The number of hydrogen-bond acceptors (Lipinski definition) is 4. The predicted octanol–water partition coefficient (Wildman–Crippen LogP) is 3.29. The van der Waals surface area contributed by atoms with Crippen molar-refractivity contribution in [3.8, 4) is 0 Å². The van der Waals surface area contributed by atoms with Crippen molar-refractivity contribution >= 4 is 28.6 Å². The van der Waals surface area contributed by atoms with Gasteiger partial charge < -0.3 is 4.90 Å². The van der Waals surface area contributed by atoms with Crippen LogP contribution >= 0.6 is 0 Å². The first-order valence-corrected chi connectivity index (χ1v) is 7.01. The van der Waals surface area contributed by atoms with Gasteiger partial charge in [-0.05, 0) is 52.0 Å². The highest BCUT2D eigenvalue weighted by molar-refractivity contribution is 6.69. The molecule has 1 aromatic carbocycles. The third kappa shape index (κ3) is 3.12. The zero-order valence-corrected chi connectivity index (χ0v) is 13.6. The number of aliphatic imine (C=N–C) groups is 1. The number of nitrogens with one attached hydrogen (secondary N) is 1. The largest absolute Gasteiger partial charge is 0.378 e. The summed E-state index contributed by atoms with van der Waals surface area (Å²) >= 11 is 0. The van der Waals surface area contributed by atoms with E-state index in [1.54, 1.807) is 5.01 Å². The molecule has 1 aromatic rings. The second kappa shape index (κ2) is 5.31. The normalized spacial score (nSPS) is 17.4. The van der Waals surface area contributed by atoms with E-state index < -0.39 is 0 Å². The summed E-state index contributed by atoms with van der Waals surface area (Å²) in [5.74, 6) is 0.358. The van der Waals surface area contributed by atoms with Gasteiger partial charge >= 0.3 is 0 Å². The smallest absolute Gasteiger partial charge is 0.170 e. The fraction of sp³-hybridized carbons (Fsp3) is 0.438. The van der Waals surface area contributed by atoms with Crippen LogP contribution in [0.1, 0.15) is 27.7 Å². The lowest BCUT2D eigenvalue weighted by Gasteiger charge is -2.29. The van der Waals surface area contributed by atoms with E-state index in [-0.39, 0.29) is 5.54 Å². The number of hydrogen-bond donors (Lipinski definition) is 1. The van der Waals surface area contributed by atoms with E-state index >= 15 is 0 Å². The lowest BCUT2D eigenvalue weighted by molar-refractivity contribution is 0.252. The van der Waals surface area contributed by atoms with E-state index in [1.165, 1.54) is 0 Å². The van der Waals surface area contributed by atoms with Crippen molar-refractivity contribution < 1.29 is 0 Å². The van der Waals surface area contributed by atoms with Crippen LogP contribution in [0.15, 0.2) is 34.4 Å². The van der Waals surface area contributed by atoms with E-state index in [2.05, 4.69) is 10.1 Å². The highest BCUT2D eigenvalue weighted by atomic mass is 15.5. The Morgan fingerprint density at radius 3 is 2.14 bits per heavy atom. The lowest BCUT2D eigenvalue weighted by atomic mass is 10.1. The van der Waals surface area contributed by atoms with Gasteiger partial charge in [-0.25, -0.2) is 10.0 Å². The zero-order chi connectivity index (χ0) is 15.8. The molecular weight excluding hydrogens is 262 g/mol. The van der Waals surface area contributed by atoms with Crippen LogP contribution in [0.25, 0.3) is 0 Å². The van der Waals surface area contributed by atoms with Gasteiger partial charge in [0.1, 0.15) is 5.71 Å². The van der Waals surface area contributed by atoms with Gasteiger partial charge in [-0.3, -0.25) is 5.41 Å². The highest BCUT2D eigenvalue weighted by Crippen LogP contribution is 2.23. The minimum atomic E-state index is -0.218. The standard InChI is InChI=1S/C16H23N5/c1-11-14(15(17)21(19-11)16(2,3)4)18-12-7-9-13(10-8-12)20(5)6/h7-10,17H,1-6H3. The molecular formula is C16H23N5. The molecule has 1 heterocycles. The van der Waals surface area contributed by atoms with Crippen molar-refractivity contribution in [2.24, 2.45) is 10.1 Å². The van der Waals surface area contributed by atoms with Gasteiger partial charge in [-0.1, -0.05) is 0 Å². The van der Waals surface area contributed by atoms with Gasteiger partial charge in [-0.15, -0.1) is 0 Å². The average molecular weight is 285 g/mol. The Morgan fingerprint density at radius 1 is 1.14 bits per heavy atom. The molecule has 0 aromatic heterocycles. The highest BCUT2D eigenvalue weighted by Gasteiger charge is 2.33. The number of benzene rings is 1. The Hall–Kier alpha value is -2.17. The molecule has 0 saturated heterocycles. The molecule has 0 saturated carbocycles. The summed E-state index contributed by atoms with van der Waals surface area (Å²) in [5, 5.41) is 14.4. The summed E-state index contributed by atoms with van der Waals surface area (Å²) in [4.78, 5) is 6.63. The topological polar surface area (TPSA) is 55.1 Å². The fourth-order valence-corrected chi connectivity index (χ4v) is 2.09. The molecule has 5 heteroatoms. The average Bonchev–Trinajstić information content (AvgIpc) is 2.67. The van der Waals surface area contributed by atoms with E-state index in [0.717, 1.165) is 17.1 Å². The summed E-state index contributed by atoms with van der Waals surface area (Å²) in [6, 6.07) is 7.96. The maximum absolute atomic E-state index is 8.28. The van der Waals surface area contributed by atoms with E-state index in [1.807, 2.05) is 71.0 Å². The molecule has 1 N–H and O–H groups in total. The Morgan fingerprint density at radius 2 is 1.71 bits per heavy atom. The molecule has 0 aliphatic carbocycles. The van der Waals surface area contributed by atoms with Crippen LogP contribution < -0.4 is 4.90 Å². The molecule has 112 valence electrons. The molecule has 5 nitrogen and oxygen atoms in total. The second-order valence-corrected chi connectivity index (χ2v) is 6.39. The molecule has 0 unspecified atom stereocenters. The van der Waals surface area contributed by atoms with Crippen LogP contribution in [0.3, 0.4) is 0 Å². The van der Waals surface area contributed by atoms with E-state index in [0.29, 0.717) is 11.5 Å². The van der Waals surface area contributed by atoms with Crippen LogP contribution in [0.4, 0.5) is 11.4 Å². The molecule has 2 rings (SSSR count).